The summed E-state index contributed by atoms with van der Waals surface area (Å²) < 4.78 is 13.6. The zero-order valence-electron chi connectivity index (χ0n) is 21.4. The molecule has 0 radical (unpaired) electrons. The van der Waals surface area contributed by atoms with E-state index in [1.807, 2.05) is 6.92 Å². The van der Waals surface area contributed by atoms with Crippen LogP contribution in [0.2, 0.25) is 0 Å². The van der Waals surface area contributed by atoms with Gasteiger partial charge < -0.3 is 15.5 Å². The lowest BCUT2D eigenvalue weighted by molar-refractivity contribution is -0.144. The van der Waals surface area contributed by atoms with E-state index in [0.29, 0.717) is 18.0 Å². The smallest absolute Gasteiger partial charge is 0.257 e. The molecule has 1 aromatic carbocycles. The summed E-state index contributed by atoms with van der Waals surface area (Å²) in [6.07, 6.45) is 5.78. The van der Waals surface area contributed by atoms with Crippen LogP contribution in [0.15, 0.2) is 24.3 Å². The lowest BCUT2D eigenvalue weighted by atomic mass is 9.47. The second-order valence-electron chi connectivity index (χ2n) is 11.6. The van der Waals surface area contributed by atoms with E-state index in [2.05, 4.69) is 17.6 Å². The number of rotatable bonds is 6. The number of amides is 2. The molecule has 4 N–H and O–H groups in total. The molecule has 37 heavy (non-hydrogen) atoms. The summed E-state index contributed by atoms with van der Waals surface area (Å²) in [5.41, 5.74) is -0.0390. The Balaban J connectivity index is 1.47. The van der Waals surface area contributed by atoms with E-state index in [-0.39, 0.29) is 47.8 Å². The van der Waals surface area contributed by atoms with Crippen LogP contribution in [0.5, 0.6) is 0 Å². The number of carbonyl (C=O) groups is 2. The second-order valence-corrected chi connectivity index (χ2v) is 12.7. The molecule has 2 aromatic rings. The highest BCUT2D eigenvalue weighted by molar-refractivity contribution is 7.15. The fraction of sp³-hybridized carbons (Fsp3) is 0.607. The minimum Gasteiger partial charge on any atom is -0.396 e. The Bertz CT molecular complexity index is 1180. The molecule has 200 valence electrons. The summed E-state index contributed by atoms with van der Waals surface area (Å²) in [5.74, 6) is -1.20. The molecule has 0 saturated heterocycles. The number of aliphatic hydroxyl groups excluding tert-OH is 2. The van der Waals surface area contributed by atoms with Crippen molar-refractivity contribution in [2.45, 2.75) is 83.3 Å². The highest BCUT2D eigenvalue weighted by atomic mass is 32.1. The van der Waals surface area contributed by atoms with Crippen LogP contribution in [0, 0.1) is 22.6 Å². The minimum atomic E-state index is -0.708. The first kappa shape index (κ1) is 26.3. The molecule has 5 rings (SSSR count). The monoisotopic (exact) mass is 529 g/mol. The third-order valence-electron chi connectivity index (χ3n) is 9.31. The number of nitrogens with zero attached hydrogens (tertiary/aromatic N) is 1. The first-order valence-corrected chi connectivity index (χ1v) is 14.1. The number of carbonyl (C=O) groups excluding carboxylic acids is 2. The molecule has 1 aromatic heterocycles. The van der Waals surface area contributed by atoms with E-state index < -0.39 is 23.2 Å². The van der Waals surface area contributed by atoms with Crippen molar-refractivity contribution in [2.24, 2.45) is 16.7 Å². The number of anilines is 1. The zero-order valence-corrected chi connectivity index (χ0v) is 22.2. The number of aromatic nitrogens is 1. The standard InChI is InChI=1S/C28H36FN3O4S/c1-27-11-10-22(34)28(2,15-33)21(27)14-20-24(19(27)13-23(35)30-18-8-3-4-9-18)31-26(37-20)32-25(36)16-6-5-7-17(29)12-16/h5-7,12,18-19,21-22,33-34H,3-4,8-11,13-15H2,1-2H3,(H,30,35)(H,31,32,36). The molecule has 1 heterocycles. The van der Waals surface area contributed by atoms with Gasteiger partial charge in [-0.3, -0.25) is 14.9 Å². The van der Waals surface area contributed by atoms with Crippen molar-refractivity contribution < 1.29 is 24.2 Å². The minimum absolute atomic E-state index is 0.0000974. The van der Waals surface area contributed by atoms with E-state index in [1.54, 1.807) is 6.07 Å². The molecule has 7 nitrogen and oxygen atoms in total. The van der Waals surface area contributed by atoms with Crippen LogP contribution >= 0.6 is 11.3 Å². The highest BCUT2D eigenvalue weighted by Crippen LogP contribution is 2.62. The first-order chi connectivity index (χ1) is 17.6. The zero-order chi connectivity index (χ0) is 26.4. The van der Waals surface area contributed by atoms with E-state index in [9.17, 15) is 24.2 Å². The van der Waals surface area contributed by atoms with Gasteiger partial charge in [0.15, 0.2) is 5.13 Å². The Morgan fingerprint density at radius 2 is 1.97 bits per heavy atom. The molecule has 3 aliphatic rings. The SMILES string of the molecule is CC1(CO)C(O)CCC2(C)C(CC(=O)NC3CCCC3)c3nc(NC(=O)c4cccc(F)c4)sc3CC12. The van der Waals surface area contributed by atoms with E-state index in [1.165, 1.54) is 29.5 Å². The Morgan fingerprint density at radius 3 is 2.68 bits per heavy atom. The number of hydrogen-bond donors (Lipinski definition) is 4. The van der Waals surface area contributed by atoms with Gasteiger partial charge in [-0.2, -0.15) is 0 Å². The molecule has 0 spiro atoms. The summed E-state index contributed by atoms with van der Waals surface area (Å²) in [4.78, 5) is 31.8. The lowest BCUT2D eigenvalue weighted by Crippen LogP contribution is -2.57. The van der Waals surface area contributed by atoms with Gasteiger partial charge in [-0.25, -0.2) is 9.37 Å². The molecule has 0 aliphatic heterocycles. The van der Waals surface area contributed by atoms with Gasteiger partial charge in [-0.15, -0.1) is 11.3 Å². The number of nitrogens with one attached hydrogen (secondary N) is 2. The molecule has 2 amide bonds. The number of aliphatic hydroxyl groups is 2. The number of thiazole rings is 1. The van der Waals surface area contributed by atoms with E-state index >= 15 is 0 Å². The van der Waals surface area contributed by atoms with Crippen molar-refractivity contribution in [2.75, 3.05) is 11.9 Å². The summed E-state index contributed by atoms with van der Waals surface area (Å²) in [6.45, 7) is 3.96. The molecule has 0 bridgehead atoms. The molecular weight excluding hydrogens is 493 g/mol. The van der Waals surface area contributed by atoms with Crippen LogP contribution in [0.1, 0.15) is 85.6 Å². The third-order valence-corrected chi connectivity index (χ3v) is 10.3. The average molecular weight is 530 g/mol. The number of halogens is 1. The Kier molecular flexibility index (Phi) is 7.15. The Labute approximate surface area is 220 Å². The van der Waals surface area contributed by atoms with Gasteiger partial charge >= 0.3 is 0 Å². The molecule has 9 heteroatoms. The van der Waals surface area contributed by atoms with Gasteiger partial charge in [0.1, 0.15) is 5.82 Å². The summed E-state index contributed by atoms with van der Waals surface area (Å²) >= 11 is 1.36. The number of fused-ring (bicyclic) bond motifs is 2. The highest BCUT2D eigenvalue weighted by Gasteiger charge is 2.59. The first-order valence-electron chi connectivity index (χ1n) is 13.3. The summed E-state index contributed by atoms with van der Waals surface area (Å²) in [5, 5.41) is 27.8. The molecular formula is C28H36FN3O4S. The number of hydrogen-bond acceptors (Lipinski definition) is 6. The third kappa shape index (κ3) is 4.81. The van der Waals surface area contributed by atoms with Crippen LogP contribution < -0.4 is 10.6 Å². The fourth-order valence-electron chi connectivity index (χ4n) is 7.04. The van der Waals surface area contributed by atoms with Crippen molar-refractivity contribution in [3.8, 4) is 0 Å². The van der Waals surface area contributed by atoms with Gasteiger partial charge in [0, 0.05) is 34.2 Å². The van der Waals surface area contributed by atoms with Gasteiger partial charge in [0.05, 0.1) is 18.4 Å². The second kappa shape index (κ2) is 10.1. The topological polar surface area (TPSA) is 112 Å². The largest absolute Gasteiger partial charge is 0.396 e. The van der Waals surface area contributed by atoms with E-state index in [0.717, 1.165) is 42.7 Å². The Morgan fingerprint density at radius 1 is 1.22 bits per heavy atom. The maximum absolute atomic E-state index is 13.6. The number of benzene rings is 1. The quantitative estimate of drug-likeness (QED) is 0.443. The maximum Gasteiger partial charge on any atom is 0.257 e. The Hall–Kier alpha value is -2.36. The van der Waals surface area contributed by atoms with Gasteiger partial charge in [-0.05, 0) is 61.6 Å². The van der Waals surface area contributed by atoms with Gasteiger partial charge in [-0.1, -0.05) is 32.8 Å². The van der Waals surface area contributed by atoms with Crippen molar-refractivity contribution in [3.05, 3.63) is 46.2 Å². The lowest BCUT2D eigenvalue weighted by Gasteiger charge is -2.58. The summed E-state index contributed by atoms with van der Waals surface area (Å²) in [6, 6.07) is 5.72. The van der Waals surface area contributed by atoms with Crippen molar-refractivity contribution in [1.29, 1.82) is 0 Å². The predicted octanol–water partition coefficient (Wildman–Crippen LogP) is 4.40. The molecule has 2 fully saturated rings. The van der Waals surface area contributed by atoms with Gasteiger partial charge in [0.25, 0.3) is 5.91 Å². The molecule has 5 unspecified atom stereocenters. The molecule has 3 aliphatic carbocycles. The van der Waals surface area contributed by atoms with Crippen LogP contribution in [0.3, 0.4) is 0 Å². The van der Waals surface area contributed by atoms with Crippen LogP contribution in [0.25, 0.3) is 0 Å². The summed E-state index contributed by atoms with van der Waals surface area (Å²) in [7, 11) is 0. The van der Waals surface area contributed by atoms with Crippen molar-refractivity contribution in [3.63, 3.8) is 0 Å². The predicted molar refractivity (Wildman–Crippen MR) is 140 cm³/mol. The molecule has 5 atom stereocenters. The van der Waals surface area contributed by atoms with Crippen molar-refractivity contribution >= 4 is 28.3 Å². The normalized spacial score (nSPS) is 31.4. The van der Waals surface area contributed by atoms with E-state index in [4.69, 9.17) is 4.98 Å². The van der Waals surface area contributed by atoms with Crippen molar-refractivity contribution in [1.82, 2.24) is 10.3 Å². The van der Waals surface area contributed by atoms with Crippen LogP contribution in [-0.4, -0.2) is 45.8 Å². The molecule has 2 saturated carbocycles. The van der Waals surface area contributed by atoms with Gasteiger partial charge in [0.2, 0.25) is 5.91 Å². The fourth-order valence-corrected chi connectivity index (χ4v) is 8.10. The average Bonchev–Trinajstić information content (AvgIpc) is 3.52. The van der Waals surface area contributed by atoms with Crippen LogP contribution in [-0.2, 0) is 11.2 Å². The maximum atomic E-state index is 13.6. The van der Waals surface area contributed by atoms with Crippen LogP contribution in [0.4, 0.5) is 9.52 Å².